The fraction of sp³-hybridized carbons (Fsp3) is 0.500. The van der Waals surface area contributed by atoms with Crippen LogP contribution in [0.15, 0.2) is 28.1 Å². The molecule has 0 radical (unpaired) electrons. The molecule has 0 saturated carbocycles. The van der Waals surface area contributed by atoms with Crippen LogP contribution in [0.5, 0.6) is 0 Å². The molecule has 0 bridgehead atoms. The van der Waals surface area contributed by atoms with Gasteiger partial charge in [0.25, 0.3) is 5.56 Å². The van der Waals surface area contributed by atoms with E-state index in [0.717, 1.165) is 18.8 Å². The molecule has 1 rings (SSSR count). The molecule has 100 valence electrons. The molecule has 0 fully saturated rings. The predicted molar refractivity (Wildman–Crippen MR) is 78.0 cm³/mol. The average Bonchev–Trinajstić information content (AvgIpc) is 2.35. The van der Waals surface area contributed by atoms with Gasteiger partial charge in [-0.25, -0.2) is 4.68 Å². The molecule has 0 saturated heterocycles. The van der Waals surface area contributed by atoms with Crippen molar-refractivity contribution in [1.29, 1.82) is 0 Å². The van der Waals surface area contributed by atoms with Crippen molar-refractivity contribution in [2.45, 2.75) is 13.5 Å². The molecule has 0 spiro atoms. The van der Waals surface area contributed by atoms with Gasteiger partial charge >= 0.3 is 0 Å². The fourth-order valence-corrected chi connectivity index (χ4v) is 1.99. The molecular formula is C12H19BrN4O. The molecule has 1 aromatic rings. The normalized spacial score (nSPS) is 12.2. The van der Waals surface area contributed by atoms with Crippen molar-refractivity contribution in [2.24, 2.45) is 5.92 Å². The summed E-state index contributed by atoms with van der Waals surface area (Å²) in [6.45, 7) is 7.84. The van der Waals surface area contributed by atoms with Gasteiger partial charge in [-0.05, 0) is 35.4 Å². The Morgan fingerprint density at radius 3 is 2.94 bits per heavy atom. The van der Waals surface area contributed by atoms with E-state index < -0.39 is 0 Å². The predicted octanol–water partition coefficient (Wildman–Crippen LogP) is 1.46. The highest BCUT2D eigenvalue weighted by molar-refractivity contribution is 9.10. The van der Waals surface area contributed by atoms with Gasteiger partial charge in [0, 0.05) is 6.54 Å². The second-order valence-electron chi connectivity index (χ2n) is 4.19. The van der Waals surface area contributed by atoms with Crippen LogP contribution in [-0.2, 0) is 6.54 Å². The molecule has 0 aromatic carbocycles. The Labute approximate surface area is 115 Å². The highest BCUT2D eigenvalue weighted by Gasteiger charge is 2.08. The molecule has 6 heteroatoms. The molecule has 2 N–H and O–H groups in total. The third kappa shape index (κ3) is 3.96. The number of rotatable bonds is 7. The quantitative estimate of drug-likeness (QED) is 0.748. The summed E-state index contributed by atoms with van der Waals surface area (Å²) < 4.78 is 1.87. The smallest absolute Gasteiger partial charge is 0.283 e. The van der Waals surface area contributed by atoms with E-state index in [1.807, 2.05) is 7.05 Å². The third-order valence-corrected chi connectivity index (χ3v) is 3.25. The summed E-state index contributed by atoms with van der Waals surface area (Å²) in [5.41, 5.74) is 0.574. The molecule has 0 aliphatic heterocycles. The maximum Gasteiger partial charge on any atom is 0.283 e. The second-order valence-corrected chi connectivity index (χ2v) is 4.98. The topological polar surface area (TPSA) is 59.0 Å². The zero-order chi connectivity index (χ0) is 13.5. The number of nitrogens with zero attached hydrogens (tertiary/aromatic N) is 2. The first-order valence-electron chi connectivity index (χ1n) is 5.85. The lowest BCUT2D eigenvalue weighted by atomic mass is 10.2. The highest BCUT2D eigenvalue weighted by atomic mass is 79.9. The Bertz CT molecular complexity index is 458. The number of hydrogen-bond acceptors (Lipinski definition) is 4. The number of aromatic nitrogens is 2. The highest BCUT2D eigenvalue weighted by Crippen LogP contribution is 2.16. The van der Waals surface area contributed by atoms with Crippen LogP contribution < -0.4 is 16.2 Å². The number of halogens is 1. The van der Waals surface area contributed by atoms with Gasteiger partial charge in [0.15, 0.2) is 0 Å². The lowest BCUT2D eigenvalue weighted by Gasteiger charge is -2.14. The molecule has 0 aliphatic carbocycles. The van der Waals surface area contributed by atoms with E-state index >= 15 is 0 Å². The summed E-state index contributed by atoms with van der Waals surface area (Å²) in [6, 6.07) is 0. The molecule has 1 atom stereocenters. The first-order chi connectivity index (χ1) is 8.60. The summed E-state index contributed by atoms with van der Waals surface area (Å²) in [7, 11) is 1.92. The Kier molecular flexibility index (Phi) is 6.07. The van der Waals surface area contributed by atoms with E-state index in [1.165, 1.54) is 4.68 Å². The van der Waals surface area contributed by atoms with Crippen molar-refractivity contribution in [3.05, 3.63) is 33.7 Å². The number of nitrogens with one attached hydrogen (secondary N) is 2. The zero-order valence-corrected chi connectivity index (χ0v) is 12.3. The van der Waals surface area contributed by atoms with E-state index in [4.69, 9.17) is 0 Å². The Morgan fingerprint density at radius 2 is 2.33 bits per heavy atom. The lowest BCUT2D eigenvalue weighted by Crippen LogP contribution is -2.26. The van der Waals surface area contributed by atoms with Gasteiger partial charge in [0.2, 0.25) is 0 Å². The van der Waals surface area contributed by atoms with Crippen LogP contribution in [0, 0.1) is 5.92 Å². The Balaban J connectivity index is 2.76. The molecule has 1 unspecified atom stereocenters. The van der Waals surface area contributed by atoms with Gasteiger partial charge in [-0.1, -0.05) is 13.0 Å². The minimum atomic E-state index is -0.152. The average molecular weight is 315 g/mol. The van der Waals surface area contributed by atoms with Crippen LogP contribution in [0.25, 0.3) is 0 Å². The van der Waals surface area contributed by atoms with E-state index in [-0.39, 0.29) is 5.56 Å². The molecular weight excluding hydrogens is 296 g/mol. The molecule has 0 amide bonds. The van der Waals surface area contributed by atoms with Gasteiger partial charge in [-0.3, -0.25) is 4.79 Å². The van der Waals surface area contributed by atoms with Crippen molar-refractivity contribution >= 4 is 21.6 Å². The molecule has 5 nitrogen and oxygen atoms in total. The number of hydrogen-bond donors (Lipinski definition) is 2. The maximum absolute atomic E-state index is 11.9. The zero-order valence-electron chi connectivity index (χ0n) is 10.7. The summed E-state index contributed by atoms with van der Waals surface area (Å²) in [6.07, 6.45) is 3.30. The van der Waals surface area contributed by atoms with Crippen molar-refractivity contribution < 1.29 is 0 Å². The minimum Gasteiger partial charge on any atom is -0.382 e. The fourth-order valence-electron chi connectivity index (χ4n) is 1.55. The Hall–Kier alpha value is -1.14. The molecule has 1 heterocycles. The van der Waals surface area contributed by atoms with Gasteiger partial charge in [0.05, 0.1) is 18.4 Å². The van der Waals surface area contributed by atoms with E-state index in [0.29, 0.717) is 16.9 Å². The van der Waals surface area contributed by atoms with Crippen LogP contribution in [0.1, 0.15) is 6.92 Å². The third-order valence-electron chi connectivity index (χ3n) is 2.48. The van der Waals surface area contributed by atoms with Crippen molar-refractivity contribution in [2.75, 3.05) is 25.5 Å². The van der Waals surface area contributed by atoms with E-state index in [1.54, 1.807) is 12.3 Å². The van der Waals surface area contributed by atoms with Crippen molar-refractivity contribution in [1.82, 2.24) is 15.1 Å². The number of anilines is 1. The van der Waals surface area contributed by atoms with Crippen LogP contribution >= 0.6 is 15.9 Å². The summed E-state index contributed by atoms with van der Waals surface area (Å²) in [5.74, 6) is 0.470. The van der Waals surface area contributed by atoms with Crippen LogP contribution in [0.3, 0.4) is 0 Å². The van der Waals surface area contributed by atoms with Crippen LogP contribution in [0.2, 0.25) is 0 Å². The van der Waals surface area contributed by atoms with E-state index in [2.05, 4.69) is 45.2 Å². The summed E-state index contributed by atoms with van der Waals surface area (Å²) in [5, 5.41) is 10.4. The molecule has 18 heavy (non-hydrogen) atoms. The van der Waals surface area contributed by atoms with Crippen LogP contribution in [0.4, 0.5) is 5.69 Å². The summed E-state index contributed by atoms with van der Waals surface area (Å²) in [4.78, 5) is 11.9. The summed E-state index contributed by atoms with van der Waals surface area (Å²) >= 11 is 3.30. The minimum absolute atomic E-state index is 0.152. The monoisotopic (exact) mass is 314 g/mol. The first kappa shape index (κ1) is 14.9. The molecule has 1 aromatic heterocycles. The van der Waals surface area contributed by atoms with Gasteiger partial charge in [-0.2, -0.15) is 5.10 Å². The first-order valence-corrected chi connectivity index (χ1v) is 6.64. The SMILES string of the molecule is C=CCn1ncc(NCC(C)CNC)c(Br)c1=O. The van der Waals surface area contributed by atoms with Gasteiger partial charge < -0.3 is 10.6 Å². The maximum atomic E-state index is 11.9. The van der Waals surface area contributed by atoms with Gasteiger partial charge in [-0.15, -0.1) is 6.58 Å². The van der Waals surface area contributed by atoms with E-state index in [9.17, 15) is 4.79 Å². The van der Waals surface area contributed by atoms with Gasteiger partial charge in [0.1, 0.15) is 4.47 Å². The molecule has 0 aliphatic rings. The Morgan fingerprint density at radius 1 is 1.61 bits per heavy atom. The van der Waals surface area contributed by atoms with Crippen molar-refractivity contribution in [3.63, 3.8) is 0 Å². The lowest BCUT2D eigenvalue weighted by molar-refractivity contribution is 0.568. The standard InChI is InChI=1S/C12H19BrN4O/c1-4-5-17-12(18)11(13)10(8-16-17)15-7-9(2)6-14-3/h4,8-9,14-15H,1,5-7H2,2-3H3. The van der Waals surface area contributed by atoms with Crippen LogP contribution in [-0.4, -0.2) is 29.9 Å². The largest absolute Gasteiger partial charge is 0.382 e. The van der Waals surface area contributed by atoms with Crippen molar-refractivity contribution in [3.8, 4) is 0 Å². The second kappa shape index (κ2) is 7.33. The number of allylic oxidation sites excluding steroid dienone is 1.